The molecular formula is C14H18ClN3OS. The highest BCUT2D eigenvalue weighted by molar-refractivity contribution is 7.09. The van der Waals surface area contributed by atoms with Crippen LogP contribution in [0.4, 0.5) is 5.69 Å². The molecule has 1 amide bonds. The highest BCUT2D eigenvalue weighted by Crippen LogP contribution is 2.10. The van der Waals surface area contributed by atoms with E-state index in [9.17, 15) is 4.79 Å². The van der Waals surface area contributed by atoms with E-state index in [1.807, 2.05) is 29.6 Å². The molecule has 0 aliphatic heterocycles. The summed E-state index contributed by atoms with van der Waals surface area (Å²) in [6.45, 7) is 2.55. The third-order valence-electron chi connectivity index (χ3n) is 2.68. The number of nitrogens with zero attached hydrogens (tertiary/aromatic N) is 1. The summed E-state index contributed by atoms with van der Waals surface area (Å²) in [7, 11) is 0. The summed E-state index contributed by atoms with van der Waals surface area (Å²) in [5, 5.41) is 5.95. The van der Waals surface area contributed by atoms with Gasteiger partial charge >= 0.3 is 0 Å². The molecule has 1 aromatic carbocycles. The van der Waals surface area contributed by atoms with Crippen LogP contribution in [-0.4, -0.2) is 10.9 Å². The van der Waals surface area contributed by atoms with Crippen molar-refractivity contribution in [3.8, 4) is 0 Å². The Morgan fingerprint density at radius 1 is 1.45 bits per heavy atom. The van der Waals surface area contributed by atoms with Gasteiger partial charge in [0.05, 0.1) is 23.7 Å². The minimum Gasteiger partial charge on any atom is -0.399 e. The van der Waals surface area contributed by atoms with Crippen LogP contribution in [0.25, 0.3) is 0 Å². The first-order chi connectivity index (χ1) is 9.17. The first-order valence-electron chi connectivity index (χ1n) is 6.21. The zero-order valence-electron chi connectivity index (χ0n) is 11.3. The van der Waals surface area contributed by atoms with Crippen LogP contribution in [0.15, 0.2) is 29.6 Å². The number of hydrogen-bond acceptors (Lipinski definition) is 4. The molecule has 2 rings (SSSR count). The van der Waals surface area contributed by atoms with Gasteiger partial charge in [-0.05, 0) is 24.1 Å². The predicted molar refractivity (Wildman–Crippen MR) is 85.1 cm³/mol. The molecule has 0 saturated carbocycles. The highest BCUT2D eigenvalue weighted by atomic mass is 35.5. The SMILES string of the molecule is CCc1nc(CNC(=O)Cc2cccc(N)c2)cs1.Cl. The van der Waals surface area contributed by atoms with Gasteiger partial charge in [-0.25, -0.2) is 4.98 Å². The second-order valence-electron chi connectivity index (χ2n) is 4.28. The lowest BCUT2D eigenvalue weighted by Crippen LogP contribution is -2.24. The minimum atomic E-state index is -0.0170. The van der Waals surface area contributed by atoms with E-state index in [1.54, 1.807) is 11.3 Å². The number of nitrogen functional groups attached to an aromatic ring is 1. The van der Waals surface area contributed by atoms with Gasteiger partial charge in [-0.3, -0.25) is 4.79 Å². The number of benzene rings is 1. The van der Waals surface area contributed by atoms with Gasteiger partial charge in [0.1, 0.15) is 0 Å². The summed E-state index contributed by atoms with van der Waals surface area (Å²) in [6.07, 6.45) is 1.28. The van der Waals surface area contributed by atoms with E-state index in [-0.39, 0.29) is 18.3 Å². The Morgan fingerprint density at radius 3 is 2.90 bits per heavy atom. The number of anilines is 1. The molecule has 0 aliphatic rings. The molecule has 0 spiro atoms. The fraction of sp³-hybridized carbons (Fsp3) is 0.286. The van der Waals surface area contributed by atoms with E-state index in [0.717, 1.165) is 22.7 Å². The topological polar surface area (TPSA) is 68.0 Å². The van der Waals surface area contributed by atoms with Crippen molar-refractivity contribution < 1.29 is 4.79 Å². The number of aryl methyl sites for hydroxylation is 1. The monoisotopic (exact) mass is 311 g/mol. The quantitative estimate of drug-likeness (QED) is 0.834. The zero-order chi connectivity index (χ0) is 13.7. The van der Waals surface area contributed by atoms with Crippen molar-refractivity contribution in [1.82, 2.24) is 10.3 Å². The number of nitrogens with one attached hydrogen (secondary N) is 1. The molecule has 0 fully saturated rings. The molecule has 0 bridgehead atoms. The second kappa shape index (κ2) is 7.87. The summed E-state index contributed by atoms with van der Waals surface area (Å²) in [6, 6.07) is 7.38. The van der Waals surface area contributed by atoms with Crippen LogP contribution < -0.4 is 11.1 Å². The largest absolute Gasteiger partial charge is 0.399 e. The first-order valence-corrected chi connectivity index (χ1v) is 7.09. The molecule has 1 heterocycles. The Labute approximate surface area is 128 Å². The lowest BCUT2D eigenvalue weighted by Gasteiger charge is -2.04. The first kappa shape index (κ1) is 16.5. The summed E-state index contributed by atoms with van der Waals surface area (Å²) in [5.41, 5.74) is 8.20. The van der Waals surface area contributed by atoms with Gasteiger partial charge in [-0.2, -0.15) is 0 Å². The minimum absolute atomic E-state index is 0. The van der Waals surface area contributed by atoms with Crippen LogP contribution in [-0.2, 0) is 24.2 Å². The maximum Gasteiger partial charge on any atom is 0.224 e. The van der Waals surface area contributed by atoms with E-state index in [0.29, 0.717) is 18.7 Å². The van der Waals surface area contributed by atoms with E-state index in [4.69, 9.17) is 5.73 Å². The number of carbonyl (C=O) groups is 1. The number of hydrogen-bond donors (Lipinski definition) is 2. The number of thiazole rings is 1. The van der Waals surface area contributed by atoms with Crippen LogP contribution >= 0.6 is 23.7 Å². The second-order valence-corrected chi connectivity index (χ2v) is 5.23. The molecule has 1 aromatic heterocycles. The van der Waals surface area contributed by atoms with Crippen LogP contribution in [0.1, 0.15) is 23.2 Å². The Hall–Kier alpha value is -1.59. The summed E-state index contributed by atoms with van der Waals surface area (Å²) < 4.78 is 0. The average molecular weight is 312 g/mol. The number of nitrogens with two attached hydrogens (primary N) is 1. The fourth-order valence-electron chi connectivity index (χ4n) is 1.73. The van der Waals surface area contributed by atoms with E-state index in [2.05, 4.69) is 17.2 Å². The molecule has 0 unspecified atom stereocenters. The van der Waals surface area contributed by atoms with Gasteiger partial charge in [0.15, 0.2) is 0 Å². The van der Waals surface area contributed by atoms with Gasteiger partial charge in [-0.15, -0.1) is 23.7 Å². The Morgan fingerprint density at radius 2 is 2.25 bits per heavy atom. The highest BCUT2D eigenvalue weighted by Gasteiger charge is 2.05. The molecule has 0 radical (unpaired) electrons. The van der Waals surface area contributed by atoms with Crippen molar-refractivity contribution in [2.45, 2.75) is 26.3 Å². The molecule has 0 atom stereocenters. The van der Waals surface area contributed by atoms with Gasteiger partial charge < -0.3 is 11.1 Å². The summed E-state index contributed by atoms with van der Waals surface area (Å²) in [5.74, 6) is -0.0170. The number of carbonyl (C=O) groups excluding carboxylic acids is 1. The number of aromatic nitrogens is 1. The molecule has 4 nitrogen and oxygen atoms in total. The number of halogens is 1. The molecule has 6 heteroatoms. The van der Waals surface area contributed by atoms with E-state index < -0.39 is 0 Å². The van der Waals surface area contributed by atoms with Gasteiger partial charge in [0.25, 0.3) is 0 Å². The lowest BCUT2D eigenvalue weighted by atomic mass is 10.1. The molecule has 0 saturated heterocycles. The van der Waals surface area contributed by atoms with Crippen molar-refractivity contribution in [3.63, 3.8) is 0 Å². The third-order valence-corrected chi connectivity index (χ3v) is 3.73. The van der Waals surface area contributed by atoms with Crippen LogP contribution in [0.3, 0.4) is 0 Å². The standard InChI is InChI=1S/C14H17N3OS.ClH/c1-2-14-17-12(9-19-14)8-16-13(18)7-10-4-3-5-11(15)6-10;/h3-6,9H,2,7-8,15H2,1H3,(H,16,18);1H. The molecular weight excluding hydrogens is 294 g/mol. The molecule has 2 aromatic rings. The summed E-state index contributed by atoms with van der Waals surface area (Å²) >= 11 is 1.63. The average Bonchev–Trinajstić information content (AvgIpc) is 2.84. The van der Waals surface area contributed by atoms with E-state index >= 15 is 0 Å². The Balaban J connectivity index is 0.00000200. The number of rotatable bonds is 5. The Kier molecular flexibility index (Phi) is 6.48. The molecule has 3 N–H and O–H groups in total. The van der Waals surface area contributed by atoms with Crippen molar-refractivity contribution in [2.75, 3.05) is 5.73 Å². The van der Waals surface area contributed by atoms with Gasteiger partial charge in [0, 0.05) is 11.1 Å². The fourth-order valence-corrected chi connectivity index (χ4v) is 2.48. The van der Waals surface area contributed by atoms with Crippen LogP contribution in [0, 0.1) is 0 Å². The third kappa shape index (κ3) is 4.83. The number of amides is 1. The van der Waals surface area contributed by atoms with Crippen molar-refractivity contribution >= 4 is 35.3 Å². The van der Waals surface area contributed by atoms with Crippen LogP contribution in [0.5, 0.6) is 0 Å². The Bertz CT molecular complexity index is 571. The molecule has 20 heavy (non-hydrogen) atoms. The maximum absolute atomic E-state index is 11.8. The predicted octanol–water partition coefficient (Wildman–Crippen LogP) is 2.57. The smallest absolute Gasteiger partial charge is 0.224 e. The lowest BCUT2D eigenvalue weighted by molar-refractivity contribution is -0.120. The maximum atomic E-state index is 11.8. The molecule has 108 valence electrons. The van der Waals surface area contributed by atoms with E-state index in [1.165, 1.54) is 0 Å². The van der Waals surface area contributed by atoms with Crippen molar-refractivity contribution in [2.24, 2.45) is 0 Å². The van der Waals surface area contributed by atoms with Gasteiger partial charge in [-0.1, -0.05) is 19.1 Å². The van der Waals surface area contributed by atoms with Crippen molar-refractivity contribution in [3.05, 3.63) is 45.9 Å². The zero-order valence-corrected chi connectivity index (χ0v) is 12.9. The summed E-state index contributed by atoms with van der Waals surface area (Å²) in [4.78, 5) is 16.2. The normalized spacial score (nSPS) is 9.85. The molecule has 0 aliphatic carbocycles. The van der Waals surface area contributed by atoms with Crippen molar-refractivity contribution in [1.29, 1.82) is 0 Å². The van der Waals surface area contributed by atoms with Crippen LogP contribution in [0.2, 0.25) is 0 Å². The van der Waals surface area contributed by atoms with Gasteiger partial charge in [0.2, 0.25) is 5.91 Å².